The van der Waals surface area contributed by atoms with Gasteiger partial charge < -0.3 is 14.4 Å². The van der Waals surface area contributed by atoms with E-state index in [1.165, 1.54) is 0 Å². The number of anilines is 2. The van der Waals surface area contributed by atoms with Crippen molar-refractivity contribution in [1.82, 2.24) is 15.0 Å². The van der Waals surface area contributed by atoms with Gasteiger partial charge in [0.15, 0.2) is 0 Å². The molecule has 0 aromatic carbocycles. The molecule has 0 bridgehead atoms. The second-order valence-corrected chi connectivity index (χ2v) is 3.73. The van der Waals surface area contributed by atoms with Gasteiger partial charge >= 0.3 is 6.01 Å². The van der Waals surface area contributed by atoms with Crippen LogP contribution in [0, 0.1) is 0 Å². The Morgan fingerprint density at radius 2 is 2.11 bits per heavy atom. The molecule has 0 saturated heterocycles. The molecule has 0 fully saturated rings. The van der Waals surface area contributed by atoms with Crippen LogP contribution < -0.4 is 20.9 Å². The fourth-order valence-corrected chi connectivity index (χ4v) is 1.31. The molecule has 0 amide bonds. The average molecular weight is 256 g/mol. The topological polar surface area (TPSA) is 98.4 Å². The van der Waals surface area contributed by atoms with Gasteiger partial charge in [0.25, 0.3) is 0 Å². The summed E-state index contributed by atoms with van der Waals surface area (Å²) < 4.78 is 10.4. The lowest BCUT2D eigenvalue weighted by molar-refractivity contribution is 0.182. The molecule has 0 spiro atoms. The van der Waals surface area contributed by atoms with E-state index in [4.69, 9.17) is 15.3 Å². The van der Waals surface area contributed by atoms with Crippen molar-refractivity contribution in [3.63, 3.8) is 0 Å². The number of nitrogens with two attached hydrogens (primary N) is 1. The molecule has 1 rings (SSSR count). The normalized spacial score (nSPS) is 12.1. The Hall–Kier alpha value is -1.67. The zero-order valence-corrected chi connectivity index (χ0v) is 11.2. The first-order chi connectivity index (χ1) is 8.62. The second-order valence-electron chi connectivity index (χ2n) is 3.73. The van der Waals surface area contributed by atoms with Gasteiger partial charge in [-0.1, -0.05) is 0 Å². The van der Waals surface area contributed by atoms with Crippen molar-refractivity contribution in [1.29, 1.82) is 0 Å². The highest BCUT2D eigenvalue weighted by atomic mass is 16.5. The number of likely N-dealkylation sites (N-methyl/N-ethyl adjacent to an activating group) is 1. The highest BCUT2D eigenvalue weighted by molar-refractivity contribution is 5.37. The summed E-state index contributed by atoms with van der Waals surface area (Å²) in [7, 11) is 3.52. The molecule has 3 N–H and O–H groups in total. The summed E-state index contributed by atoms with van der Waals surface area (Å²) in [6, 6.07) is 0.365. The van der Waals surface area contributed by atoms with Crippen LogP contribution in [0.2, 0.25) is 0 Å². The van der Waals surface area contributed by atoms with Gasteiger partial charge in [-0.05, 0) is 13.8 Å². The Balaban J connectivity index is 2.95. The van der Waals surface area contributed by atoms with Crippen LogP contribution in [0.15, 0.2) is 0 Å². The summed E-state index contributed by atoms with van der Waals surface area (Å²) in [6.07, 6.45) is 0. The van der Waals surface area contributed by atoms with Crippen molar-refractivity contribution in [2.24, 2.45) is 5.84 Å². The molecule has 0 aliphatic rings. The minimum Gasteiger partial charge on any atom is -0.464 e. The Labute approximate surface area is 106 Å². The molecule has 18 heavy (non-hydrogen) atoms. The molecule has 1 heterocycles. The molecule has 1 unspecified atom stereocenters. The Bertz CT molecular complexity index is 375. The van der Waals surface area contributed by atoms with Crippen molar-refractivity contribution in [3.05, 3.63) is 0 Å². The van der Waals surface area contributed by atoms with E-state index < -0.39 is 0 Å². The third-order valence-corrected chi connectivity index (χ3v) is 2.39. The third kappa shape index (κ3) is 3.67. The number of hydrogen-bond donors (Lipinski definition) is 2. The van der Waals surface area contributed by atoms with Crippen LogP contribution in [0.3, 0.4) is 0 Å². The molecule has 0 aliphatic carbocycles. The van der Waals surface area contributed by atoms with E-state index in [0.29, 0.717) is 19.2 Å². The maximum absolute atomic E-state index is 5.32. The second kappa shape index (κ2) is 6.92. The van der Waals surface area contributed by atoms with Gasteiger partial charge in [-0.25, -0.2) is 5.84 Å². The van der Waals surface area contributed by atoms with Gasteiger partial charge in [-0.3, -0.25) is 5.43 Å². The van der Waals surface area contributed by atoms with Crippen molar-refractivity contribution in [2.45, 2.75) is 19.9 Å². The van der Waals surface area contributed by atoms with Crippen LogP contribution in [0.5, 0.6) is 6.01 Å². The lowest BCUT2D eigenvalue weighted by Gasteiger charge is -2.24. The van der Waals surface area contributed by atoms with Crippen molar-refractivity contribution >= 4 is 11.9 Å². The van der Waals surface area contributed by atoms with Gasteiger partial charge in [-0.2, -0.15) is 15.0 Å². The molecule has 8 nitrogen and oxygen atoms in total. The highest BCUT2D eigenvalue weighted by Gasteiger charge is 2.15. The van der Waals surface area contributed by atoms with Crippen LogP contribution in [0.1, 0.15) is 13.8 Å². The number of hydrogen-bond acceptors (Lipinski definition) is 8. The standard InChI is InChI=1S/C10H20N6O2/c1-5-18-10-13-8(15-11)12-9(14-10)16(3)7(2)6-17-4/h7H,5-6,11H2,1-4H3,(H,12,13,14,15). The summed E-state index contributed by atoms with van der Waals surface area (Å²) in [5.74, 6) is 6.06. The van der Waals surface area contributed by atoms with Gasteiger partial charge in [-0.15, -0.1) is 0 Å². The van der Waals surface area contributed by atoms with E-state index in [1.54, 1.807) is 7.11 Å². The molecule has 1 atom stereocenters. The van der Waals surface area contributed by atoms with Crippen LogP contribution in [-0.4, -0.2) is 48.4 Å². The predicted molar refractivity (Wildman–Crippen MR) is 68.5 cm³/mol. The molecule has 8 heteroatoms. The third-order valence-electron chi connectivity index (χ3n) is 2.39. The minimum absolute atomic E-state index is 0.123. The number of methoxy groups -OCH3 is 1. The molecule has 102 valence electrons. The fourth-order valence-electron chi connectivity index (χ4n) is 1.31. The van der Waals surface area contributed by atoms with Gasteiger partial charge in [0.2, 0.25) is 11.9 Å². The van der Waals surface area contributed by atoms with Crippen molar-refractivity contribution in [2.75, 3.05) is 37.7 Å². The smallest absolute Gasteiger partial charge is 0.323 e. The van der Waals surface area contributed by atoms with E-state index in [1.807, 2.05) is 25.8 Å². The van der Waals surface area contributed by atoms with E-state index >= 15 is 0 Å². The molecular formula is C10H20N6O2. The van der Waals surface area contributed by atoms with Crippen LogP contribution >= 0.6 is 0 Å². The fraction of sp³-hybridized carbons (Fsp3) is 0.700. The number of aromatic nitrogens is 3. The maximum Gasteiger partial charge on any atom is 0.323 e. The van der Waals surface area contributed by atoms with E-state index in [-0.39, 0.29) is 18.0 Å². The lowest BCUT2D eigenvalue weighted by atomic mass is 10.3. The summed E-state index contributed by atoms with van der Waals surface area (Å²) in [5, 5.41) is 0. The van der Waals surface area contributed by atoms with E-state index in [0.717, 1.165) is 0 Å². The van der Waals surface area contributed by atoms with E-state index in [2.05, 4.69) is 20.4 Å². The molecule has 1 aromatic heterocycles. The van der Waals surface area contributed by atoms with Gasteiger partial charge in [0.05, 0.1) is 19.3 Å². The molecule has 0 saturated carbocycles. The van der Waals surface area contributed by atoms with Gasteiger partial charge in [0.1, 0.15) is 0 Å². The highest BCUT2D eigenvalue weighted by Crippen LogP contribution is 2.15. The first-order valence-corrected chi connectivity index (χ1v) is 5.69. The Morgan fingerprint density at radius 1 is 1.39 bits per heavy atom. The quantitative estimate of drug-likeness (QED) is 0.520. The van der Waals surface area contributed by atoms with Crippen LogP contribution in [0.25, 0.3) is 0 Å². The monoisotopic (exact) mass is 256 g/mol. The predicted octanol–water partition coefficient (Wildman–Crippen LogP) is 0.0270. The average Bonchev–Trinajstić information content (AvgIpc) is 2.38. The maximum atomic E-state index is 5.32. The summed E-state index contributed by atoms with van der Waals surface area (Å²) in [5.41, 5.74) is 2.39. The summed E-state index contributed by atoms with van der Waals surface area (Å²) >= 11 is 0. The number of nitrogens with one attached hydrogen (secondary N) is 1. The summed E-state index contributed by atoms with van der Waals surface area (Å²) in [4.78, 5) is 14.2. The number of rotatable bonds is 7. The first kappa shape index (κ1) is 14.4. The SMILES string of the molecule is CCOc1nc(NN)nc(N(C)C(C)COC)n1. The molecule has 1 aromatic rings. The molecular weight excluding hydrogens is 236 g/mol. The zero-order chi connectivity index (χ0) is 13.5. The molecule has 0 radical (unpaired) electrons. The van der Waals surface area contributed by atoms with Crippen LogP contribution in [0.4, 0.5) is 11.9 Å². The minimum atomic E-state index is 0.123. The molecule has 0 aliphatic heterocycles. The number of nitrogen functional groups attached to an aromatic ring is 1. The lowest BCUT2D eigenvalue weighted by Crippen LogP contribution is -2.34. The number of hydrazine groups is 1. The van der Waals surface area contributed by atoms with Crippen molar-refractivity contribution in [3.8, 4) is 6.01 Å². The zero-order valence-electron chi connectivity index (χ0n) is 11.2. The van der Waals surface area contributed by atoms with Crippen molar-refractivity contribution < 1.29 is 9.47 Å². The Kier molecular flexibility index (Phi) is 5.53. The first-order valence-electron chi connectivity index (χ1n) is 5.69. The van der Waals surface area contributed by atoms with Crippen LogP contribution in [-0.2, 0) is 4.74 Å². The summed E-state index contributed by atoms with van der Waals surface area (Å²) in [6.45, 7) is 4.90. The van der Waals surface area contributed by atoms with E-state index in [9.17, 15) is 0 Å². The largest absolute Gasteiger partial charge is 0.464 e. The number of nitrogens with zero attached hydrogens (tertiary/aromatic N) is 4. The number of ether oxygens (including phenoxy) is 2. The van der Waals surface area contributed by atoms with Gasteiger partial charge in [0, 0.05) is 14.2 Å². The Morgan fingerprint density at radius 3 is 2.67 bits per heavy atom.